The van der Waals surface area contributed by atoms with Crippen LogP contribution in [0.25, 0.3) is 20.7 Å². The quantitative estimate of drug-likeness (QED) is 0.567. The zero-order chi connectivity index (χ0) is 22.2. The number of hydrogen-bond acceptors (Lipinski definition) is 6. The van der Waals surface area contributed by atoms with Crippen molar-refractivity contribution in [1.29, 1.82) is 0 Å². The van der Waals surface area contributed by atoms with Crippen molar-refractivity contribution in [2.45, 2.75) is 12.5 Å². The van der Waals surface area contributed by atoms with E-state index in [1.165, 1.54) is 16.5 Å². The third-order valence-electron chi connectivity index (χ3n) is 6.88. The first-order valence-corrected chi connectivity index (χ1v) is 12.6. The molecule has 3 aromatic rings. The van der Waals surface area contributed by atoms with Crippen molar-refractivity contribution in [2.24, 2.45) is 5.92 Å². The lowest BCUT2D eigenvalue weighted by Crippen LogP contribution is -2.40. The van der Waals surface area contributed by atoms with E-state index in [0.717, 1.165) is 42.6 Å². The minimum Gasteiger partial charge on any atom is -0.378 e. The maximum Gasteiger partial charge on any atom is 0.255 e. The van der Waals surface area contributed by atoms with Gasteiger partial charge in [-0.2, -0.15) is 0 Å². The molecule has 3 aliphatic rings. The normalized spacial score (nSPS) is 22.4. The highest BCUT2D eigenvalue weighted by Crippen LogP contribution is 2.34. The molecule has 4 heterocycles. The van der Waals surface area contributed by atoms with Gasteiger partial charge in [-0.1, -0.05) is 30.4 Å². The van der Waals surface area contributed by atoms with E-state index in [1.807, 2.05) is 12.1 Å². The number of likely N-dealkylation sites (tertiary alicyclic amines) is 1. The van der Waals surface area contributed by atoms with Gasteiger partial charge in [0.15, 0.2) is 0 Å². The first-order valence-electron chi connectivity index (χ1n) is 11.8. The van der Waals surface area contributed by atoms with Gasteiger partial charge in [-0.3, -0.25) is 9.69 Å². The van der Waals surface area contributed by atoms with Crippen LogP contribution in [0.5, 0.6) is 0 Å². The monoisotopic (exact) mass is 460 g/mol. The second-order valence-electron chi connectivity index (χ2n) is 9.01. The number of anilines is 1. The fourth-order valence-electron chi connectivity index (χ4n) is 5.15. The van der Waals surface area contributed by atoms with E-state index in [9.17, 15) is 4.79 Å². The van der Waals surface area contributed by atoms with Crippen molar-refractivity contribution in [3.8, 4) is 10.6 Å². The number of hydrogen-bond donors (Lipinski definition) is 1. The number of morpholine rings is 1. The maximum absolute atomic E-state index is 13.2. The van der Waals surface area contributed by atoms with Crippen LogP contribution in [0.15, 0.2) is 54.6 Å². The molecule has 0 spiro atoms. The second kappa shape index (κ2) is 8.89. The Labute approximate surface area is 197 Å². The predicted molar refractivity (Wildman–Crippen MR) is 133 cm³/mol. The average molecular weight is 461 g/mol. The van der Waals surface area contributed by atoms with Gasteiger partial charge in [0.1, 0.15) is 5.82 Å². The summed E-state index contributed by atoms with van der Waals surface area (Å²) in [5.41, 5.74) is 1.55. The van der Waals surface area contributed by atoms with Gasteiger partial charge in [0.25, 0.3) is 5.91 Å². The summed E-state index contributed by atoms with van der Waals surface area (Å²) in [6, 6.07) is 15.0. The number of nitrogens with zero attached hydrogens (tertiary/aromatic N) is 3. The Balaban J connectivity index is 1.23. The highest BCUT2D eigenvalue weighted by molar-refractivity contribution is 7.22. The van der Waals surface area contributed by atoms with Crippen molar-refractivity contribution in [1.82, 2.24) is 15.2 Å². The number of carbonyl (C=O) groups is 1. The lowest BCUT2D eigenvalue weighted by atomic mass is 10.1. The number of rotatable bonds is 6. The minimum absolute atomic E-state index is 0.0493. The fraction of sp³-hybridized carbons (Fsp3) is 0.385. The molecule has 2 unspecified atom stereocenters. The van der Waals surface area contributed by atoms with E-state index in [1.54, 1.807) is 11.3 Å². The zero-order valence-corrected chi connectivity index (χ0v) is 19.4. The topological polar surface area (TPSA) is 57.7 Å². The van der Waals surface area contributed by atoms with Crippen LogP contribution in [0.1, 0.15) is 16.8 Å². The Morgan fingerprint density at radius 3 is 2.82 bits per heavy atom. The lowest BCUT2D eigenvalue weighted by molar-refractivity contribution is 0.0946. The molecular weight excluding hydrogens is 432 g/mol. The Morgan fingerprint density at radius 1 is 1.15 bits per heavy atom. The molecule has 1 N–H and O–H groups in total. The molecule has 33 heavy (non-hydrogen) atoms. The Hall–Kier alpha value is -2.74. The summed E-state index contributed by atoms with van der Waals surface area (Å²) < 4.78 is 6.79. The van der Waals surface area contributed by atoms with Crippen LogP contribution in [-0.4, -0.2) is 67.8 Å². The standard InChI is InChI=1S/C26H28N4O2S/c31-26(27-9-10-30-17-18-5-6-20(30)15-18)21-7-8-22(28-25(21)29-11-13-32-14-12-29)24-16-19-3-1-2-4-23(19)33-24/h1-8,16,18,20H,9-15,17H2,(H,27,31). The third-order valence-corrected chi connectivity index (χ3v) is 8.02. The smallest absolute Gasteiger partial charge is 0.255 e. The fourth-order valence-corrected chi connectivity index (χ4v) is 6.18. The number of carbonyl (C=O) groups excluding carboxylic acids is 1. The van der Waals surface area contributed by atoms with Gasteiger partial charge in [-0.25, -0.2) is 4.98 Å². The van der Waals surface area contributed by atoms with Gasteiger partial charge in [0.2, 0.25) is 0 Å². The van der Waals surface area contributed by atoms with E-state index in [4.69, 9.17) is 9.72 Å². The van der Waals surface area contributed by atoms with E-state index in [2.05, 4.69) is 57.6 Å². The highest BCUT2D eigenvalue weighted by Gasteiger charge is 2.33. The Kier molecular flexibility index (Phi) is 5.62. The largest absolute Gasteiger partial charge is 0.378 e. The SMILES string of the molecule is O=C(NCCN1CC2C=CC1C2)c1ccc(-c2cc3ccccc3s2)nc1N1CCOCC1. The number of pyridine rings is 1. The van der Waals surface area contributed by atoms with Crippen molar-refractivity contribution in [2.75, 3.05) is 50.8 Å². The molecule has 2 fully saturated rings. The molecule has 2 aromatic heterocycles. The van der Waals surface area contributed by atoms with Gasteiger partial charge >= 0.3 is 0 Å². The number of amides is 1. The molecule has 1 aliphatic carbocycles. The van der Waals surface area contributed by atoms with E-state index < -0.39 is 0 Å². The van der Waals surface area contributed by atoms with Crippen molar-refractivity contribution in [3.63, 3.8) is 0 Å². The zero-order valence-electron chi connectivity index (χ0n) is 18.6. The van der Waals surface area contributed by atoms with Crippen LogP contribution >= 0.6 is 11.3 Å². The number of thiophene rings is 1. The van der Waals surface area contributed by atoms with Crippen molar-refractivity contribution >= 4 is 33.1 Å². The van der Waals surface area contributed by atoms with Crippen molar-refractivity contribution in [3.05, 3.63) is 60.2 Å². The predicted octanol–water partition coefficient (Wildman–Crippen LogP) is 3.79. The van der Waals surface area contributed by atoms with E-state index >= 15 is 0 Å². The highest BCUT2D eigenvalue weighted by atomic mass is 32.1. The Morgan fingerprint density at radius 2 is 2.03 bits per heavy atom. The Bertz CT molecular complexity index is 1170. The first kappa shape index (κ1) is 20.8. The summed E-state index contributed by atoms with van der Waals surface area (Å²) >= 11 is 1.74. The average Bonchev–Trinajstić information content (AvgIpc) is 3.60. The number of ether oxygens (including phenoxy) is 1. The molecule has 1 aromatic carbocycles. The van der Waals surface area contributed by atoms with Crippen LogP contribution in [0, 0.1) is 5.92 Å². The minimum atomic E-state index is -0.0493. The van der Waals surface area contributed by atoms with Gasteiger partial charge in [0, 0.05) is 43.5 Å². The van der Waals surface area contributed by atoms with Crippen LogP contribution in [-0.2, 0) is 4.74 Å². The molecule has 2 saturated heterocycles. The summed E-state index contributed by atoms with van der Waals surface area (Å²) in [5, 5.41) is 4.37. The van der Waals surface area contributed by atoms with E-state index in [-0.39, 0.29) is 5.91 Å². The first-order chi connectivity index (χ1) is 16.2. The van der Waals surface area contributed by atoms with Crippen LogP contribution in [0.3, 0.4) is 0 Å². The van der Waals surface area contributed by atoms with Gasteiger partial charge in [0.05, 0.1) is 29.3 Å². The molecule has 0 saturated carbocycles. The maximum atomic E-state index is 13.2. The third kappa shape index (κ3) is 4.16. The van der Waals surface area contributed by atoms with Crippen LogP contribution in [0.4, 0.5) is 5.82 Å². The molecule has 0 radical (unpaired) electrons. The molecule has 6 nitrogen and oxygen atoms in total. The van der Waals surface area contributed by atoms with Crippen LogP contribution in [0.2, 0.25) is 0 Å². The van der Waals surface area contributed by atoms with E-state index in [0.29, 0.717) is 37.3 Å². The summed E-state index contributed by atoms with van der Waals surface area (Å²) in [4.78, 5) is 24.0. The summed E-state index contributed by atoms with van der Waals surface area (Å²) in [6.07, 6.45) is 5.87. The number of benzene rings is 1. The van der Waals surface area contributed by atoms with Crippen molar-refractivity contribution < 1.29 is 9.53 Å². The van der Waals surface area contributed by atoms with Gasteiger partial charge in [-0.05, 0) is 42.0 Å². The lowest BCUT2D eigenvalue weighted by Gasteiger charge is -2.29. The number of fused-ring (bicyclic) bond motifs is 3. The number of nitrogens with one attached hydrogen (secondary N) is 1. The molecule has 170 valence electrons. The molecule has 6 rings (SSSR count). The summed E-state index contributed by atoms with van der Waals surface area (Å²) in [7, 11) is 0. The summed E-state index contributed by atoms with van der Waals surface area (Å²) in [6.45, 7) is 5.44. The molecule has 2 bridgehead atoms. The second-order valence-corrected chi connectivity index (χ2v) is 10.1. The molecule has 7 heteroatoms. The molecule has 1 amide bonds. The number of aromatic nitrogens is 1. The van der Waals surface area contributed by atoms with Gasteiger partial charge < -0.3 is 15.0 Å². The summed E-state index contributed by atoms with van der Waals surface area (Å²) in [5.74, 6) is 1.41. The molecule has 2 aliphatic heterocycles. The molecule has 2 atom stereocenters. The van der Waals surface area contributed by atoms with Gasteiger partial charge in [-0.15, -0.1) is 11.3 Å². The molecular formula is C26H28N4O2S. The van der Waals surface area contributed by atoms with Crippen LogP contribution < -0.4 is 10.2 Å².